The van der Waals surface area contributed by atoms with Crippen LogP contribution in [0.2, 0.25) is 0 Å². The highest BCUT2D eigenvalue weighted by molar-refractivity contribution is 7.13. The number of aromatic nitrogens is 1. The lowest BCUT2D eigenvalue weighted by Crippen LogP contribution is -1.90. The second-order valence-electron chi connectivity index (χ2n) is 2.80. The van der Waals surface area contributed by atoms with Gasteiger partial charge in [0.1, 0.15) is 10.8 Å². The first-order valence-corrected chi connectivity index (χ1v) is 5.02. The summed E-state index contributed by atoms with van der Waals surface area (Å²) in [6.07, 6.45) is 1.77. The molecule has 0 amide bonds. The van der Waals surface area contributed by atoms with Crippen LogP contribution in [0, 0.1) is 0 Å². The number of ether oxygens (including phenoxy) is 1. The molecule has 0 radical (unpaired) electrons. The SMILES string of the molecule is COc1cc(N)ccc1-c1nccs1. The third-order valence-corrected chi connectivity index (χ3v) is 2.69. The number of anilines is 1. The van der Waals surface area contributed by atoms with E-state index in [-0.39, 0.29) is 0 Å². The van der Waals surface area contributed by atoms with E-state index >= 15 is 0 Å². The van der Waals surface area contributed by atoms with Crippen molar-refractivity contribution < 1.29 is 4.74 Å². The summed E-state index contributed by atoms with van der Waals surface area (Å²) in [7, 11) is 1.63. The number of nitrogens with two attached hydrogens (primary N) is 1. The molecule has 4 heteroatoms. The average Bonchev–Trinajstić information content (AvgIpc) is 2.70. The Hall–Kier alpha value is -1.55. The van der Waals surface area contributed by atoms with Gasteiger partial charge in [-0.3, -0.25) is 0 Å². The first-order valence-electron chi connectivity index (χ1n) is 4.14. The lowest BCUT2D eigenvalue weighted by molar-refractivity contribution is 0.416. The first-order chi connectivity index (χ1) is 6.81. The van der Waals surface area contributed by atoms with Gasteiger partial charge in [0.2, 0.25) is 0 Å². The molecule has 0 spiro atoms. The van der Waals surface area contributed by atoms with Crippen LogP contribution >= 0.6 is 11.3 Å². The highest BCUT2D eigenvalue weighted by Gasteiger charge is 2.07. The van der Waals surface area contributed by atoms with Gasteiger partial charge in [0.25, 0.3) is 0 Å². The van der Waals surface area contributed by atoms with Gasteiger partial charge >= 0.3 is 0 Å². The zero-order chi connectivity index (χ0) is 9.97. The van der Waals surface area contributed by atoms with E-state index in [1.165, 1.54) is 0 Å². The van der Waals surface area contributed by atoms with Crippen LogP contribution < -0.4 is 10.5 Å². The summed E-state index contributed by atoms with van der Waals surface area (Å²) in [5.41, 5.74) is 7.34. The van der Waals surface area contributed by atoms with Gasteiger partial charge in [-0.05, 0) is 12.1 Å². The smallest absolute Gasteiger partial charge is 0.131 e. The topological polar surface area (TPSA) is 48.1 Å². The lowest BCUT2D eigenvalue weighted by atomic mass is 10.2. The molecule has 2 N–H and O–H groups in total. The van der Waals surface area contributed by atoms with E-state index in [1.54, 1.807) is 30.7 Å². The molecule has 1 aromatic heterocycles. The molecule has 0 aliphatic rings. The lowest BCUT2D eigenvalue weighted by Gasteiger charge is -2.06. The quantitative estimate of drug-likeness (QED) is 0.767. The third-order valence-electron chi connectivity index (χ3n) is 1.89. The molecule has 2 rings (SSSR count). The van der Waals surface area contributed by atoms with Crippen molar-refractivity contribution in [2.45, 2.75) is 0 Å². The van der Waals surface area contributed by atoms with Crippen molar-refractivity contribution in [2.24, 2.45) is 0 Å². The summed E-state index contributed by atoms with van der Waals surface area (Å²) >= 11 is 1.58. The normalized spacial score (nSPS) is 10.1. The second kappa shape index (κ2) is 3.67. The monoisotopic (exact) mass is 206 g/mol. The van der Waals surface area contributed by atoms with Crippen LogP contribution in [0.25, 0.3) is 10.6 Å². The number of thiazole rings is 1. The minimum absolute atomic E-state index is 0.696. The van der Waals surface area contributed by atoms with Crippen molar-refractivity contribution in [1.29, 1.82) is 0 Å². The Morgan fingerprint density at radius 2 is 2.29 bits per heavy atom. The van der Waals surface area contributed by atoms with Crippen LogP contribution in [-0.2, 0) is 0 Å². The van der Waals surface area contributed by atoms with E-state index in [9.17, 15) is 0 Å². The zero-order valence-corrected chi connectivity index (χ0v) is 8.54. The van der Waals surface area contributed by atoms with Crippen LogP contribution in [0.3, 0.4) is 0 Å². The fraction of sp³-hybridized carbons (Fsp3) is 0.100. The van der Waals surface area contributed by atoms with Crippen LogP contribution in [0.5, 0.6) is 5.75 Å². The van der Waals surface area contributed by atoms with Gasteiger partial charge in [-0.25, -0.2) is 4.98 Å². The predicted molar refractivity (Wildman–Crippen MR) is 58.5 cm³/mol. The van der Waals surface area contributed by atoms with Crippen LogP contribution in [0.4, 0.5) is 5.69 Å². The summed E-state index contributed by atoms with van der Waals surface area (Å²) < 4.78 is 5.24. The molecule has 1 heterocycles. The minimum atomic E-state index is 0.696. The van der Waals surface area contributed by atoms with E-state index < -0.39 is 0 Å². The van der Waals surface area contributed by atoms with E-state index in [1.807, 2.05) is 17.5 Å². The van der Waals surface area contributed by atoms with E-state index in [0.29, 0.717) is 5.69 Å². The molecule has 0 saturated carbocycles. The zero-order valence-electron chi connectivity index (χ0n) is 7.73. The number of rotatable bonds is 2. The average molecular weight is 206 g/mol. The largest absolute Gasteiger partial charge is 0.496 e. The molecular formula is C10H10N2OS. The predicted octanol–water partition coefficient (Wildman–Crippen LogP) is 2.40. The van der Waals surface area contributed by atoms with Gasteiger partial charge in [-0.2, -0.15) is 0 Å². The second-order valence-corrected chi connectivity index (χ2v) is 3.69. The first kappa shape index (κ1) is 9.02. The Morgan fingerprint density at radius 1 is 1.43 bits per heavy atom. The number of nitrogens with zero attached hydrogens (tertiary/aromatic N) is 1. The molecule has 0 aliphatic carbocycles. The van der Waals surface area contributed by atoms with Crippen molar-refractivity contribution in [3.05, 3.63) is 29.8 Å². The number of hydrogen-bond acceptors (Lipinski definition) is 4. The van der Waals surface area contributed by atoms with Crippen molar-refractivity contribution in [2.75, 3.05) is 12.8 Å². The molecule has 14 heavy (non-hydrogen) atoms. The summed E-state index contributed by atoms with van der Waals surface area (Å²) in [6, 6.07) is 5.57. The van der Waals surface area contributed by atoms with Gasteiger partial charge in [0.15, 0.2) is 0 Å². The van der Waals surface area contributed by atoms with Crippen LogP contribution in [0.15, 0.2) is 29.8 Å². The number of benzene rings is 1. The highest BCUT2D eigenvalue weighted by Crippen LogP contribution is 2.32. The van der Waals surface area contributed by atoms with E-state index in [2.05, 4.69) is 4.98 Å². The standard InChI is InChI=1S/C10H10N2OS/c1-13-9-6-7(11)2-3-8(9)10-12-4-5-14-10/h2-6H,11H2,1H3. The van der Waals surface area contributed by atoms with Crippen LogP contribution in [0.1, 0.15) is 0 Å². The fourth-order valence-electron chi connectivity index (χ4n) is 1.24. The molecule has 72 valence electrons. The third kappa shape index (κ3) is 1.56. The van der Waals surface area contributed by atoms with E-state index in [4.69, 9.17) is 10.5 Å². The van der Waals surface area contributed by atoms with Gasteiger partial charge < -0.3 is 10.5 Å². The molecule has 1 aromatic carbocycles. The Labute approximate surface area is 86.2 Å². The molecule has 0 saturated heterocycles. The van der Waals surface area contributed by atoms with Crippen molar-refractivity contribution in [3.8, 4) is 16.3 Å². The van der Waals surface area contributed by atoms with Gasteiger partial charge in [-0.1, -0.05) is 0 Å². The highest BCUT2D eigenvalue weighted by atomic mass is 32.1. The Kier molecular flexibility index (Phi) is 2.37. The molecule has 0 unspecified atom stereocenters. The van der Waals surface area contributed by atoms with Gasteiger partial charge in [0, 0.05) is 23.3 Å². The summed E-state index contributed by atoms with van der Waals surface area (Å²) in [5.74, 6) is 0.764. The molecule has 2 aromatic rings. The van der Waals surface area contributed by atoms with Crippen LogP contribution in [-0.4, -0.2) is 12.1 Å². The fourth-order valence-corrected chi connectivity index (χ4v) is 1.91. The maximum absolute atomic E-state index is 5.66. The Bertz CT molecular complexity index is 426. The number of nitrogen functional groups attached to an aromatic ring is 1. The van der Waals surface area contributed by atoms with Gasteiger partial charge in [0.05, 0.1) is 12.7 Å². The summed E-state index contributed by atoms with van der Waals surface area (Å²) in [6.45, 7) is 0. The number of hydrogen-bond donors (Lipinski definition) is 1. The van der Waals surface area contributed by atoms with Gasteiger partial charge in [-0.15, -0.1) is 11.3 Å². The molecule has 0 bridgehead atoms. The van der Waals surface area contributed by atoms with E-state index in [0.717, 1.165) is 16.3 Å². The van der Waals surface area contributed by atoms with Crippen molar-refractivity contribution in [3.63, 3.8) is 0 Å². The minimum Gasteiger partial charge on any atom is -0.496 e. The number of methoxy groups -OCH3 is 1. The molecule has 0 fully saturated rings. The molecule has 0 aliphatic heterocycles. The summed E-state index contributed by atoms with van der Waals surface area (Å²) in [5, 5.41) is 2.88. The molecular weight excluding hydrogens is 196 g/mol. The van der Waals surface area contributed by atoms with Crippen molar-refractivity contribution >= 4 is 17.0 Å². The maximum atomic E-state index is 5.66. The Balaban J connectivity index is 2.53. The molecule has 3 nitrogen and oxygen atoms in total. The van der Waals surface area contributed by atoms with Crippen molar-refractivity contribution in [1.82, 2.24) is 4.98 Å². The maximum Gasteiger partial charge on any atom is 0.131 e. The molecule has 0 atom stereocenters. The Morgan fingerprint density at radius 3 is 2.93 bits per heavy atom. The summed E-state index contributed by atoms with van der Waals surface area (Å²) in [4.78, 5) is 4.22.